The average Bonchev–Trinajstić information content (AvgIpc) is 2.40. The minimum Gasteiger partial charge on any atom is -0.326 e. The third-order valence-corrected chi connectivity index (χ3v) is 2.71. The number of hydrogen-bond donors (Lipinski definition) is 1. The molecule has 0 aliphatic heterocycles. The van der Waals surface area contributed by atoms with Gasteiger partial charge in [0, 0.05) is 17.6 Å². The molecule has 92 valence electrons. The van der Waals surface area contributed by atoms with Crippen LogP contribution < -0.4 is 5.32 Å². The Labute approximate surface area is 107 Å². The van der Waals surface area contributed by atoms with E-state index in [0.717, 1.165) is 17.8 Å². The van der Waals surface area contributed by atoms with Crippen LogP contribution in [0.15, 0.2) is 48.7 Å². The molecule has 3 nitrogen and oxygen atoms in total. The summed E-state index contributed by atoms with van der Waals surface area (Å²) < 4.78 is 0. The standard InChI is InChI=1S/C15H16N2O/c1-2-12-6-8-13(9-7-12)17-15(18)11-14-5-3-4-10-16-14/h3-10H,2,11H2,1H3,(H,17,18). The van der Waals surface area contributed by atoms with E-state index in [2.05, 4.69) is 17.2 Å². The Morgan fingerprint density at radius 1 is 1.17 bits per heavy atom. The highest BCUT2D eigenvalue weighted by atomic mass is 16.1. The van der Waals surface area contributed by atoms with E-state index < -0.39 is 0 Å². The second-order valence-corrected chi connectivity index (χ2v) is 4.10. The summed E-state index contributed by atoms with van der Waals surface area (Å²) in [6.07, 6.45) is 3.00. The summed E-state index contributed by atoms with van der Waals surface area (Å²) in [6.45, 7) is 2.11. The molecule has 2 aromatic rings. The quantitative estimate of drug-likeness (QED) is 0.892. The van der Waals surface area contributed by atoms with Crippen molar-refractivity contribution in [2.45, 2.75) is 19.8 Å². The summed E-state index contributed by atoms with van der Waals surface area (Å²) in [5, 5.41) is 2.86. The lowest BCUT2D eigenvalue weighted by Crippen LogP contribution is -2.14. The van der Waals surface area contributed by atoms with Gasteiger partial charge in [-0.25, -0.2) is 0 Å². The van der Waals surface area contributed by atoms with Gasteiger partial charge in [-0.2, -0.15) is 0 Å². The van der Waals surface area contributed by atoms with Crippen LogP contribution in [0.2, 0.25) is 0 Å². The molecule has 0 aliphatic rings. The van der Waals surface area contributed by atoms with E-state index in [-0.39, 0.29) is 5.91 Å². The van der Waals surface area contributed by atoms with Crippen molar-refractivity contribution in [1.82, 2.24) is 4.98 Å². The van der Waals surface area contributed by atoms with Crippen molar-refractivity contribution in [2.24, 2.45) is 0 Å². The predicted molar refractivity (Wildman–Crippen MR) is 72.4 cm³/mol. The highest BCUT2D eigenvalue weighted by Gasteiger charge is 2.04. The first-order valence-corrected chi connectivity index (χ1v) is 6.06. The molecule has 1 aromatic carbocycles. The van der Waals surface area contributed by atoms with Crippen molar-refractivity contribution in [1.29, 1.82) is 0 Å². The lowest BCUT2D eigenvalue weighted by molar-refractivity contribution is -0.115. The van der Waals surface area contributed by atoms with Gasteiger partial charge < -0.3 is 5.32 Å². The fraction of sp³-hybridized carbons (Fsp3) is 0.200. The zero-order valence-electron chi connectivity index (χ0n) is 10.4. The van der Waals surface area contributed by atoms with Gasteiger partial charge >= 0.3 is 0 Å². The first-order chi connectivity index (χ1) is 8.78. The molecule has 0 unspecified atom stereocenters. The van der Waals surface area contributed by atoms with Crippen molar-refractivity contribution >= 4 is 11.6 Å². The number of amides is 1. The number of aryl methyl sites for hydroxylation is 1. The Morgan fingerprint density at radius 3 is 2.56 bits per heavy atom. The number of rotatable bonds is 4. The predicted octanol–water partition coefficient (Wildman–Crippen LogP) is 2.83. The van der Waals surface area contributed by atoms with Crippen LogP contribution in [0, 0.1) is 0 Å². The van der Waals surface area contributed by atoms with Gasteiger partial charge in [0.15, 0.2) is 0 Å². The van der Waals surface area contributed by atoms with E-state index in [1.807, 2.05) is 42.5 Å². The van der Waals surface area contributed by atoms with Crippen LogP contribution in [0.1, 0.15) is 18.2 Å². The smallest absolute Gasteiger partial charge is 0.230 e. The molecular formula is C15H16N2O. The molecule has 1 heterocycles. The van der Waals surface area contributed by atoms with Gasteiger partial charge in [0.1, 0.15) is 0 Å². The number of hydrogen-bond acceptors (Lipinski definition) is 2. The second kappa shape index (κ2) is 5.96. The summed E-state index contributed by atoms with van der Waals surface area (Å²) in [5.41, 5.74) is 2.87. The van der Waals surface area contributed by atoms with Crippen LogP contribution >= 0.6 is 0 Å². The zero-order valence-corrected chi connectivity index (χ0v) is 10.4. The van der Waals surface area contributed by atoms with Crippen molar-refractivity contribution in [2.75, 3.05) is 5.32 Å². The Hall–Kier alpha value is -2.16. The summed E-state index contributed by atoms with van der Waals surface area (Å²) in [4.78, 5) is 15.9. The summed E-state index contributed by atoms with van der Waals surface area (Å²) in [5.74, 6) is -0.0436. The van der Waals surface area contributed by atoms with Crippen LogP contribution in [-0.2, 0) is 17.6 Å². The van der Waals surface area contributed by atoms with E-state index in [4.69, 9.17) is 0 Å². The highest BCUT2D eigenvalue weighted by Crippen LogP contribution is 2.10. The Bertz CT molecular complexity index is 506. The van der Waals surface area contributed by atoms with E-state index in [9.17, 15) is 4.79 Å². The summed E-state index contributed by atoms with van der Waals surface area (Å²) in [6, 6.07) is 13.5. The highest BCUT2D eigenvalue weighted by molar-refractivity contribution is 5.91. The van der Waals surface area contributed by atoms with E-state index in [1.165, 1.54) is 5.56 Å². The topological polar surface area (TPSA) is 42.0 Å². The lowest BCUT2D eigenvalue weighted by Gasteiger charge is -2.05. The van der Waals surface area contributed by atoms with Crippen LogP contribution in [0.4, 0.5) is 5.69 Å². The molecule has 0 fully saturated rings. The van der Waals surface area contributed by atoms with E-state index in [1.54, 1.807) is 6.20 Å². The number of aromatic nitrogens is 1. The van der Waals surface area contributed by atoms with Gasteiger partial charge in [0.2, 0.25) is 5.91 Å². The van der Waals surface area contributed by atoms with E-state index >= 15 is 0 Å². The fourth-order valence-corrected chi connectivity index (χ4v) is 1.70. The maximum Gasteiger partial charge on any atom is 0.230 e. The van der Waals surface area contributed by atoms with Crippen molar-refractivity contribution < 1.29 is 4.79 Å². The number of anilines is 1. The minimum atomic E-state index is -0.0436. The van der Waals surface area contributed by atoms with Gasteiger partial charge in [-0.05, 0) is 36.2 Å². The molecular weight excluding hydrogens is 224 g/mol. The monoisotopic (exact) mass is 240 g/mol. The number of nitrogens with one attached hydrogen (secondary N) is 1. The Balaban J connectivity index is 1.94. The van der Waals surface area contributed by atoms with Gasteiger partial charge in [-0.15, -0.1) is 0 Å². The molecule has 1 N–H and O–H groups in total. The molecule has 0 bridgehead atoms. The second-order valence-electron chi connectivity index (χ2n) is 4.10. The van der Waals surface area contributed by atoms with Crippen molar-refractivity contribution in [3.05, 3.63) is 59.9 Å². The van der Waals surface area contributed by atoms with Gasteiger partial charge in [0.25, 0.3) is 0 Å². The maximum atomic E-state index is 11.8. The van der Waals surface area contributed by atoms with Gasteiger partial charge in [0.05, 0.1) is 6.42 Å². The number of pyridine rings is 1. The molecule has 0 atom stereocenters. The first kappa shape index (κ1) is 12.3. The number of carbonyl (C=O) groups excluding carboxylic acids is 1. The molecule has 1 aromatic heterocycles. The number of nitrogens with zero attached hydrogens (tertiary/aromatic N) is 1. The average molecular weight is 240 g/mol. The molecule has 2 rings (SSSR count). The van der Waals surface area contributed by atoms with Crippen molar-refractivity contribution in [3.63, 3.8) is 0 Å². The van der Waals surface area contributed by atoms with Crippen LogP contribution in [0.25, 0.3) is 0 Å². The third kappa shape index (κ3) is 3.42. The third-order valence-electron chi connectivity index (χ3n) is 2.71. The van der Waals surface area contributed by atoms with Crippen molar-refractivity contribution in [3.8, 4) is 0 Å². The van der Waals surface area contributed by atoms with Gasteiger partial charge in [-0.1, -0.05) is 25.1 Å². The lowest BCUT2D eigenvalue weighted by atomic mass is 10.1. The van der Waals surface area contributed by atoms with Crippen LogP contribution in [-0.4, -0.2) is 10.9 Å². The minimum absolute atomic E-state index is 0.0436. The first-order valence-electron chi connectivity index (χ1n) is 6.06. The largest absolute Gasteiger partial charge is 0.326 e. The normalized spacial score (nSPS) is 10.1. The van der Waals surface area contributed by atoms with Crippen LogP contribution in [0.5, 0.6) is 0 Å². The molecule has 18 heavy (non-hydrogen) atoms. The zero-order chi connectivity index (χ0) is 12.8. The number of benzene rings is 1. The molecule has 1 amide bonds. The Morgan fingerprint density at radius 2 is 1.94 bits per heavy atom. The molecule has 0 radical (unpaired) electrons. The van der Waals surface area contributed by atoms with Crippen LogP contribution in [0.3, 0.4) is 0 Å². The maximum absolute atomic E-state index is 11.8. The van der Waals surface area contributed by atoms with Gasteiger partial charge in [-0.3, -0.25) is 9.78 Å². The molecule has 3 heteroatoms. The number of carbonyl (C=O) groups is 1. The van der Waals surface area contributed by atoms with E-state index in [0.29, 0.717) is 6.42 Å². The SMILES string of the molecule is CCc1ccc(NC(=O)Cc2ccccn2)cc1. The Kier molecular flexibility index (Phi) is 4.07. The summed E-state index contributed by atoms with van der Waals surface area (Å²) in [7, 11) is 0. The fourth-order valence-electron chi connectivity index (χ4n) is 1.70. The molecule has 0 saturated heterocycles. The molecule has 0 aliphatic carbocycles. The molecule has 0 spiro atoms. The molecule has 0 saturated carbocycles. The summed E-state index contributed by atoms with van der Waals surface area (Å²) >= 11 is 0.